The summed E-state index contributed by atoms with van der Waals surface area (Å²) in [6.07, 6.45) is -4.52. The zero-order chi connectivity index (χ0) is 20.8. The predicted molar refractivity (Wildman–Crippen MR) is 101 cm³/mol. The molecule has 1 aliphatic rings. The Kier molecular flexibility index (Phi) is 6.86. The molecular formula is C20H21FN2O6. The highest BCUT2D eigenvalue weighted by molar-refractivity contribution is 5.89. The van der Waals surface area contributed by atoms with Crippen LogP contribution in [0.2, 0.25) is 0 Å². The van der Waals surface area contributed by atoms with Crippen molar-refractivity contribution < 1.29 is 28.3 Å². The number of carbonyl (C=O) groups excluding carboxylic acids is 1. The van der Waals surface area contributed by atoms with E-state index in [1.54, 1.807) is 0 Å². The van der Waals surface area contributed by atoms with Crippen LogP contribution in [-0.2, 0) is 20.8 Å². The molecule has 0 radical (unpaired) electrons. The molecule has 0 aromatic heterocycles. The molecule has 0 saturated carbocycles. The summed E-state index contributed by atoms with van der Waals surface area (Å²) in [4.78, 5) is 22.4. The maximum absolute atomic E-state index is 14.7. The molecule has 3 rings (SSSR count). The number of nitro benzene ring substituents is 1. The number of hydrogen-bond acceptors (Lipinski definition) is 7. The van der Waals surface area contributed by atoms with Crippen molar-refractivity contribution in [3.8, 4) is 0 Å². The third-order valence-corrected chi connectivity index (χ3v) is 4.54. The Hall–Kier alpha value is -2.88. The summed E-state index contributed by atoms with van der Waals surface area (Å²) in [5.41, 5.74) is 6.51. The van der Waals surface area contributed by atoms with Gasteiger partial charge in [0.05, 0.1) is 17.1 Å². The second-order valence-corrected chi connectivity index (χ2v) is 6.56. The Labute approximate surface area is 166 Å². The second-order valence-electron chi connectivity index (χ2n) is 6.56. The van der Waals surface area contributed by atoms with Crippen LogP contribution in [0.1, 0.15) is 22.3 Å². The number of carbonyl (C=O) groups is 1. The average Bonchev–Trinajstić information content (AvgIpc) is 2.74. The topological polar surface area (TPSA) is 114 Å². The molecule has 2 N–H and O–H groups in total. The van der Waals surface area contributed by atoms with Crippen LogP contribution >= 0.6 is 0 Å². The first-order valence-electron chi connectivity index (χ1n) is 9.08. The van der Waals surface area contributed by atoms with Crippen LogP contribution in [0.5, 0.6) is 0 Å². The van der Waals surface area contributed by atoms with E-state index in [2.05, 4.69) is 0 Å². The minimum absolute atomic E-state index is 0.0656. The highest BCUT2D eigenvalue weighted by Crippen LogP contribution is 2.27. The lowest BCUT2D eigenvalue weighted by molar-refractivity contribution is -0.384. The molecule has 0 bridgehead atoms. The minimum atomic E-state index is -1.53. The van der Waals surface area contributed by atoms with Crippen molar-refractivity contribution in [3.05, 3.63) is 75.8 Å². The van der Waals surface area contributed by atoms with Gasteiger partial charge in [-0.1, -0.05) is 30.3 Å². The monoisotopic (exact) mass is 404 g/mol. The van der Waals surface area contributed by atoms with Gasteiger partial charge in [0.1, 0.15) is 12.3 Å². The van der Waals surface area contributed by atoms with Crippen molar-refractivity contribution in [2.24, 2.45) is 5.73 Å². The van der Waals surface area contributed by atoms with Crippen LogP contribution in [-0.4, -0.2) is 42.1 Å². The van der Waals surface area contributed by atoms with Crippen molar-refractivity contribution >= 4 is 11.7 Å². The molecule has 29 heavy (non-hydrogen) atoms. The molecule has 2 aromatic carbocycles. The molecular weight excluding hydrogens is 383 g/mol. The van der Waals surface area contributed by atoms with E-state index in [1.807, 2.05) is 30.3 Å². The molecule has 1 aliphatic heterocycles. The minimum Gasteiger partial charge on any atom is -0.453 e. The molecule has 0 aliphatic carbocycles. The lowest BCUT2D eigenvalue weighted by Crippen LogP contribution is -2.52. The fraction of sp³-hybridized carbons (Fsp3) is 0.350. The van der Waals surface area contributed by atoms with Gasteiger partial charge < -0.3 is 19.9 Å². The number of esters is 1. The van der Waals surface area contributed by atoms with Gasteiger partial charge in [-0.05, 0) is 17.7 Å². The first kappa shape index (κ1) is 20.8. The Morgan fingerprint density at radius 3 is 2.52 bits per heavy atom. The molecule has 1 saturated heterocycles. The molecule has 0 amide bonds. The van der Waals surface area contributed by atoms with E-state index in [0.717, 1.165) is 5.56 Å². The highest BCUT2D eigenvalue weighted by Gasteiger charge is 2.41. The summed E-state index contributed by atoms with van der Waals surface area (Å²) in [6, 6.07) is 14.2. The highest BCUT2D eigenvalue weighted by atomic mass is 19.1. The quantitative estimate of drug-likeness (QED) is 0.429. The van der Waals surface area contributed by atoms with Gasteiger partial charge in [0.2, 0.25) is 0 Å². The van der Waals surface area contributed by atoms with Crippen molar-refractivity contribution in [2.45, 2.75) is 37.7 Å². The van der Waals surface area contributed by atoms with Crippen molar-refractivity contribution in [2.75, 3.05) is 6.54 Å². The van der Waals surface area contributed by atoms with E-state index in [9.17, 15) is 19.3 Å². The lowest BCUT2D eigenvalue weighted by atomic mass is 10.0. The number of benzene rings is 2. The summed E-state index contributed by atoms with van der Waals surface area (Å²) in [7, 11) is 0. The van der Waals surface area contributed by atoms with E-state index in [1.165, 1.54) is 24.3 Å². The van der Waals surface area contributed by atoms with E-state index < -0.39 is 35.6 Å². The number of nitrogens with zero attached hydrogens (tertiary/aromatic N) is 1. The van der Waals surface area contributed by atoms with Crippen molar-refractivity contribution in [1.29, 1.82) is 0 Å². The third-order valence-electron chi connectivity index (χ3n) is 4.54. The number of alkyl halides is 1. The van der Waals surface area contributed by atoms with Gasteiger partial charge in [-0.15, -0.1) is 0 Å². The molecule has 154 valence electrons. The summed E-state index contributed by atoms with van der Waals surface area (Å²) >= 11 is 0. The number of halogens is 1. The summed E-state index contributed by atoms with van der Waals surface area (Å²) in [5, 5.41) is 10.7. The van der Waals surface area contributed by atoms with Crippen LogP contribution in [0.3, 0.4) is 0 Å². The van der Waals surface area contributed by atoms with Gasteiger partial charge in [-0.25, -0.2) is 9.18 Å². The zero-order valence-electron chi connectivity index (χ0n) is 15.5. The maximum Gasteiger partial charge on any atom is 0.338 e. The van der Waals surface area contributed by atoms with E-state index in [4.69, 9.17) is 19.9 Å². The van der Waals surface area contributed by atoms with Crippen LogP contribution in [0.4, 0.5) is 10.1 Å². The first-order valence-corrected chi connectivity index (χ1v) is 9.08. The van der Waals surface area contributed by atoms with Gasteiger partial charge in [0, 0.05) is 25.1 Å². The Balaban J connectivity index is 1.59. The maximum atomic E-state index is 14.7. The molecule has 1 fully saturated rings. The first-order chi connectivity index (χ1) is 14.0. The summed E-state index contributed by atoms with van der Waals surface area (Å²) in [5.74, 6) is -0.807. The molecule has 8 nitrogen and oxygen atoms in total. The number of rotatable bonds is 7. The normalized spacial score (nSPS) is 24.1. The average molecular weight is 404 g/mol. The number of nitro groups is 1. The standard InChI is InChI=1S/C20H21FN2O6/c21-16-10-18(27-12-13-4-2-1-3-5-13)28-17(11-22)19(16)29-20(24)14-6-8-15(9-7-14)23(25)26/h1-9,16-19H,10-12,22H2/t16-,17-,18?,19-/m1/s1. The number of hydrogen-bond donors (Lipinski definition) is 1. The Morgan fingerprint density at radius 2 is 1.90 bits per heavy atom. The van der Waals surface area contributed by atoms with Gasteiger partial charge in [-0.3, -0.25) is 10.1 Å². The number of nitrogens with two attached hydrogens (primary N) is 1. The fourth-order valence-electron chi connectivity index (χ4n) is 3.00. The van der Waals surface area contributed by atoms with E-state index in [0.29, 0.717) is 0 Å². The molecule has 2 aromatic rings. The second kappa shape index (κ2) is 9.55. The Morgan fingerprint density at radius 1 is 1.21 bits per heavy atom. The summed E-state index contributed by atoms with van der Waals surface area (Å²) < 4.78 is 31.3. The Bertz CT molecular complexity index is 833. The molecule has 4 atom stereocenters. The lowest BCUT2D eigenvalue weighted by Gasteiger charge is -2.37. The molecule has 9 heteroatoms. The van der Waals surface area contributed by atoms with Gasteiger partial charge in [-0.2, -0.15) is 0 Å². The van der Waals surface area contributed by atoms with Gasteiger partial charge in [0.25, 0.3) is 5.69 Å². The van der Waals surface area contributed by atoms with Crippen LogP contribution in [0.15, 0.2) is 54.6 Å². The number of ether oxygens (including phenoxy) is 3. The fourth-order valence-corrected chi connectivity index (χ4v) is 3.00. The smallest absolute Gasteiger partial charge is 0.338 e. The zero-order valence-corrected chi connectivity index (χ0v) is 15.5. The van der Waals surface area contributed by atoms with Crippen LogP contribution in [0, 0.1) is 10.1 Å². The molecule has 1 heterocycles. The van der Waals surface area contributed by atoms with Crippen LogP contribution in [0.25, 0.3) is 0 Å². The van der Waals surface area contributed by atoms with E-state index in [-0.39, 0.29) is 30.8 Å². The SMILES string of the molecule is NC[C@H]1OC(OCc2ccccc2)C[C@@H](F)[C@H]1OC(=O)c1ccc([N+](=O)[O-])cc1. The molecule has 1 unspecified atom stereocenters. The summed E-state index contributed by atoms with van der Waals surface area (Å²) in [6.45, 7) is 0.187. The van der Waals surface area contributed by atoms with E-state index >= 15 is 0 Å². The predicted octanol–water partition coefficient (Wildman–Crippen LogP) is 2.75. The molecule has 0 spiro atoms. The van der Waals surface area contributed by atoms with Crippen molar-refractivity contribution in [3.63, 3.8) is 0 Å². The number of non-ortho nitro benzene ring substituents is 1. The van der Waals surface area contributed by atoms with Crippen molar-refractivity contribution in [1.82, 2.24) is 0 Å². The van der Waals surface area contributed by atoms with Crippen LogP contribution < -0.4 is 5.73 Å². The third kappa shape index (κ3) is 5.35. The van der Waals surface area contributed by atoms with Gasteiger partial charge in [0.15, 0.2) is 12.4 Å². The largest absolute Gasteiger partial charge is 0.453 e. The van der Waals surface area contributed by atoms with Gasteiger partial charge >= 0.3 is 5.97 Å².